The number of hydrogen-bond donors (Lipinski definition) is 1. The Labute approximate surface area is 113 Å². The molecule has 2 atom stereocenters. The van der Waals surface area contributed by atoms with Gasteiger partial charge in [0.1, 0.15) is 0 Å². The molecular formula is C16H19N3. The average Bonchev–Trinajstić information content (AvgIpc) is 2.70. The number of benzene rings is 1. The van der Waals surface area contributed by atoms with E-state index in [1.54, 1.807) is 0 Å². The van der Waals surface area contributed by atoms with Crippen LogP contribution in [0.3, 0.4) is 0 Å². The number of rotatable bonds is 0. The van der Waals surface area contributed by atoms with Gasteiger partial charge in [0, 0.05) is 42.8 Å². The number of hydrogen-bond acceptors (Lipinski definition) is 2. The van der Waals surface area contributed by atoms with E-state index in [-0.39, 0.29) is 6.04 Å². The van der Waals surface area contributed by atoms with Gasteiger partial charge in [0.2, 0.25) is 0 Å². The van der Waals surface area contributed by atoms with Crippen LogP contribution < -0.4 is 5.73 Å². The largest absolute Gasteiger partial charge is 0.350 e. The van der Waals surface area contributed by atoms with Crippen LogP contribution in [0, 0.1) is 0 Å². The second-order valence-electron chi connectivity index (χ2n) is 5.91. The molecule has 2 heterocycles. The normalized spacial score (nSPS) is 26.4. The first-order chi connectivity index (χ1) is 9.15. The van der Waals surface area contributed by atoms with Gasteiger partial charge in [-0.1, -0.05) is 18.2 Å². The molecule has 2 N–H and O–H groups in total. The van der Waals surface area contributed by atoms with Gasteiger partial charge in [-0.2, -0.15) is 0 Å². The van der Waals surface area contributed by atoms with Crippen molar-refractivity contribution in [2.24, 2.45) is 12.8 Å². The highest BCUT2D eigenvalue weighted by Gasteiger charge is 2.32. The van der Waals surface area contributed by atoms with E-state index < -0.39 is 0 Å². The molecular weight excluding hydrogens is 234 g/mol. The van der Waals surface area contributed by atoms with Crippen molar-refractivity contribution in [2.75, 3.05) is 13.6 Å². The molecule has 4 rings (SSSR count). The lowest BCUT2D eigenvalue weighted by molar-refractivity contribution is 0.268. The first-order valence-corrected chi connectivity index (χ1v) is 6.90. The van der Waals surface area contributed by atoms with Gasteiger partial charge in [-0.05, 0) is 36.2 Å². The Balaban J connectivity index is 2.04. The number of nitrogens with zero attached hydrogens (tertiary/aromatic N) is 2. The van der Waals surface area contributed by atoms with Gasteiger partial charge in [0.05, 0.1) is 0 Å². The standard InChI is InChI=1S/C16H19N3/c1-18-8-10-6-15-13(7-11(17)9-19(15)2)12-4-3-5-14(18)16(10)12/h3-5,7-8,11,15H,6,9,17H2,1-2H3/t11?,15-/m1/s1. The molecule has 98 valence electrons. The average molecular weight is 253 g/mol. The zero-order valence-electron chi connectivity index (χ0n) is 11.4. The smallest absolute Gasteiger partial charge is 0.0486 e. The molecule has 1 aliphatic carbocycles. The maximum atomic E-state index is 6.16. The quantitative estimate of drug-likeness (QED) is 0.776. The summed E-state index contributed by atoms with van der Waals surface area (Å²) in [7, 11) is 4.32. The molecule has 1 aliphatic heterocycles. The maximum Gasteiger partial charge on any atom is 0.0486 e. The minimum absolute atomic E-state index is 0.150. The van der Waals surface area contributed by atoms with Crippen molar-refractivity contribution >= 4 is 16.5 Å². The third-order valence-electron chi connectivity index (χ3n) is 4.60. The fourth-order valence-electron chi connectivity index (χ4n) is 3.77. The van der Waals surface area contributed by atoms with Gasteiger partial charge in [0.25, 0.3) is 0 Å². The molecule has 2 aromatic rings. The van der Waals surface area contributed by atoms with Gasteiger partial charge >= 0.3 is 0 Å². The predicted octanol–water partition coefficient (Wildman–Crippen LogP) is 1.76. The Hall–Kier alpha value is -1.58. The summed E-state index contributed by atoms with van der Waals surface area (Å²) in [5, 5.41) is 1.43. The summed E-state index contributed by atoms with van der Waals surface area (Å²) in [5.74, 6) is 0. The monoisotopic (exact) mass is 253 g/mol. The van der Waals surface area contributed by atoms with Crippen LogP contribution in [0.25, 0.3) is 16.5 Å². The number of likely N-dealkylation sites (N-methyl/N-ethyl adjacent to an activating group) is 1. The van der Waals surface area contributed by atoms with Gasteiger partial charge in [-0.3, -0.25) is 4.90 Å². The fraction of sp³-hybridized carbons (Fsp3) is 0.375. The van der Waals surface area contributed by atoms with E-state index in [2.05, 4.69) is 54.0 Å². The molecule has 0 fully saturated rings. The lowest BCUT2D eigenvalue weighted by Gasteiger charge is -2.38. The molecule has 0 saturated carbocycles. The molecule has 0 radical (unpaired) electrons. The Morgan fingerprint density at radius 3 is 2.95 bits per heavy atom. The lowest BCUT2D eigenvalue weighted by Crippen LogP contribution is -2.46. The minimum Gasteiger partial charge on any atom is -0.350 e. The van der Waals surface area contributed by atoms with E-state index in [0.717, 1.165) is 13.0 Å². The van der Waals surface area contributed by atoms with Crippen molar-refractivity contribution in [3.63, 3.8) is 0 Å². The van der Waals surface area contributed by atoms with Crippen LogP contribution in [0.15, 0.2) is 30.5 Å². The lowest BCUT2D eigenvalue weighted by atomic mass is 9.81. The summed E-state index contributed by atoms with van der Waals surface area (Å²) in [6, 6.07) is 7.24. The third-order valence-corrected chi connectivity index (χ3v) is 4.60. The van der Waals surface area contributed by atoms with Crippen LogP contribution >= 0.6 is 0 Å². The van der Waals surface area contributed by atoms with E-state index in [0.29, 0.717) is 6.04 Å². The minimum atomic E-state index is 0.150. The summed E-state index contributed by atoms with van der Waals surface area (Å²) in [6.45, 7) is 0.951. The highest BCUT2D eigenvalue weighted by Crippen LogP contribution is 2.40. The van der Waals surface area contributed by atoms with E-state index in [1.807, 2.05) is 0 Å². The van der Waals surface area contributed by atoms with Gasteiger partial charge in [0.15, 0.2) is 0 Å². The molecule has 1 unspecified atom stereocenters. The van der Waals surface area contributed by atoms with Gasteiger partial charge in [-0.15, -0.1) is 0 Å². The van der Waals surface area contributed by atoms with Crippen LogP contribution in [-0.4, -0.2) is 35.1 Å². The summed E-state index contributed by atoms with van der Waals surface area (Å²) < 4.78 is 2.24. The fourth-order valence-corrected chi connectivity index (χ4v) is 3.77. The number of nitrogens with two attached hydrogens (primary N) is 1. The van der Waals surface area contributed by atoms with Crippen molar-refractivity contribution in [1.82, 2.24) is 9.47 Å². The maximum absolute atomic E-state index is 6.16. The van der Waals surface area contributed by atoms with Crippen molar-refractivity contribution < 1.29 is 0 Å². The Bertz CT molecular complexity index is 695. The van der Waals surface area contributed by atoms with Crippen molar-refractivity contribution in [1.29, 1.82) is 0 Å². The molecule has 19 heavy (non-hydrogen) atoms. The SMILES string of the molecule is CN1CC(N)C=C2c3cccc4c3c(cn4C)C[C@H]21. The van der Waals surface area contributed by atoms with E-state index in [4.69, 9.17) is 5.73 Å². The zero-order chi connectivity index (χ0) is 13.1. The highest BCUT2D eigenvalue weighted by atomic mass is 15.2. The molecule has 3 nitrogen and oxygen atoms in total. The number of aromatic nitrogens is 1. The summed E-state index contributed by atoms with van der Waals surface area (Å²) in [5.41, 5.74) is 11.8. The topological polar surface area (TPSA) is 34.2 Å². The van der Waals surface area contributed by atoms with E-state index in [1.165, 1.54) is 27.6 Å². The van der Waals surface area contributed by atoms with Crippen molar-refractivity contribution in [3.05, 3.63) is 41.6 Å². The van der Waals surface area contributed by atoms with E-state index in [9.17, 15) is 0 Å². The molecule has 3 heteroatoms. The van der Waals surface area contributed by atoms with Gasteiger partial charge in [-0.25, -0.2) is 0 Å². The molecule has 0 bridgehead atoms. The third kappa shape index (κ3) is 1.46. The Kier molecular flexibility index (Phi) is 2.20. The number of aryl methyl sites for hydroxylation is 1. The summed E-state index contributed by atoms with van der Waals surface area (Å²) in [6.07, 6.45) is 5.66. The number of fused-ring (bicyclic) bond motifs is 2. The Morgan fingerprint density at radius 2 is 2.11 bits per heavy atom. The van der Waals surface area contributed by atoms with Crippen LogP contribution in [0.5, 0.6) is 0 Å². The van der Waals surface area contributed by atoms with Crippen LogP contribution in [-0.2, 0) is 13.5 Å². The van der Waals surface area contributed by atoms with Crippen molar-refractivity contribution in [2.45, 2.75) is 18.5 Å². The molecule has 1 aromatic carbocycles. The Morgan fingerprint density at radius 1 is 1.26 bits per heavy atom. The predicted molar refractivity (Wildman–Crippen MR) is 79.0 cm³/mol. The first-order valence-electron chi connectivity index (χ1n) is 6.90. The second-order valence-corrected chi connectivity index (χ2v) is 5.91. The molecule has 0 spiro atoms. The van der Waals surface area contributed by atoms with Crippen LogP contribution in [0.1, 0.15) is 11.1 Å². The summed E-state index contributed by atoms with van der Waals surface area (Å²) in [4.78, 5) is 2.40. The second kappa shape index (κ2) is 3.71. The van der Waals surface area contributed by atoms with Crippen LogP contribution in [0.4, 0.5) is 0 Å². The highest BCUT2D eigenvalue weighted by molar-refractivity contribution is 5.98. The molecule has 0 saturated heterocycles. The molecule has 1 aromatic heterocycles. The molecule has 0 amide bonds. The molecule has 2 aliphatic rings. The zero-order valence-corrected chi connectivity index (χ0v) is 11.4. The van der Waals surface area contributed by atoms with Gasteiger partial charge < -0.3 is 10.3 Å². The first kappa shape index (κ1) is 11.3. The van der Waals surface area contributed by atoms with E-state index >= 15 is 0 Å². The van der Waals surface area contributed by atoms with Crippen molar-refractivity contribution in [3.8, 4) is 0 Å². The summed E-state index contributed by atoms with van der Waals surface area (Å²) >= 11 is 0. The van der Waals surface area contributed by atoms with Crippen LogP contribution in [0.2, 0.25) is 0 Å².